The first-order valence-corrected chi connectivity index (χ1v) is 7.27. The summed E-state index contributed by atoms with van der Waals surface area (Å²) in [6.45, 7) is 5.03. The monoisotopic (exact) mass is 289 g/mol. The lowest BCUT2D eigenvalue weighted by Crippen LogP contribution is -2.36. The zero-order valence-corrected chi connectivity index (χ0v) is 12.2. The second-order valence-electron chi connectivity index (χ2n) is 6.15. The topological polar surface area (TPSA) is 82.3 Å². The lowest BCUT2D eigenvalue weighted by Gasteiger charge is -2.20. The summed E-state index contributed by atoms with van der Waals surface area (Å²) >= 11 is 0. The number of carbonyl (C=O) groups excluding carboxylic acids is 2. The number of hydrogen-bond acceptors (Lipinski definition) is 3. The van der Waals surface area contributed by atoms with E-state index in [0.717, 1.165) is 0 Å². The first-order chi connectivity index (χ1) is 9.95. The van der Waals surface area contributed by atoms with Crippen LogP contribution in [0, 0.1) is 5.92 Å². The molecule has 0 bridgehead atoms. The van der Waals surface area contributed by atoms with Gasteiger partial charge in [-0.3, -0.25) is 14.4 Å². The Balaban J connectivity index is 1.84. The van der Waals surface area contributed by atoms with Crippen molar-refractivity contribution in [2.45, 2.75) is 32.2 Å². The van der Waals surface area contributed by atoms with Crippen molar-refractivity contribution in [1.29, 1.82) is 0 Å². The third-order valence-corrected chi connectivity index (χ3v) is 4.28. The van der Waals surface area contributed by atoms with Crippen LogP contribution in [-0.2, 0) is 4.79 Å². The largest absolute Gasteiger partial charge is 0.351 e. The van der Waals surface area contributed by atoms with Crippen LogP contribution in [-0.4, -0.2) is 40.8 Å². The van der Waals surface area contributed by atoms with E-state index in [2.05, 4.69) is 10.3 Å². The van der Waals surface area contributed by atoms with Crippen molar-refractivity contribution in [3.8, 4) is 0 Å². The van der Waals surface area contributed by atoms with Gasteiger partial charge in [-0.2, -0.15) is 0 Å². The van der Waals surface area contributed by atoms with Crippen molar-refractivity contribution in [1.82, 2.24) is 15.2 Å². The lowest BCUT2D eigenvalue weighted by molar-refractivity contribution is -0.119. The number of fused-ring (bicyclic) bond motifs is 1. The molecule has 3 rings (SSSR count). The number of aromatic amines is 1. The minimum Gasteiger partial charge on any atom is -0.351 e. The molecule has 2 aliphatic rings. The van der Waals surface area contributed by atoms with Crippen LogP contribution >= 0.6 is 0 Å². The number of aromatic nitrogens is 1. The maximum absolute atomic E-state index is 12.7. The molecule has 2 saturated heterocycles. The van der Waals surface area contributed by atoms with Gasteiger partial charge in [-0.1, -0.05) is 13.8 Å². The molecule has 0 unspecified atom stereocenters. The van der Waals surface area contributed by atoms with Crippen LogP contribution in [0.15, 0.2) is 16.9 Å². The molecule has 0 aliphatic carbocycles. The fourth-order valence-corrected chi connectivity index (χ4v) is 3.21. The van der Waals surface area contributed by atoms with Crippen molar-refractivity contribution >= 4 is 11.8 Å². The molecular weight excluding hydrogens is 270 g/mol. The highest BCUT2D eigenvalue weighted by Gasteiger charge is 2.42. The Morgan fingerprint density at radius 2 is 2.05 bits per heavy atom. The molecule has 6 heteroatoms. The molecule has 112 valence electrons. The molecule has 2 amide bonds. The lowest BCUT2D eigenvalue weighted by atomic mass is 10.0. The van der Waals surface area contributed by atoms with Gasteiger partial charge in [0.05, 0.1) is 11.6 Å². The smallest absolute Gasteiger partial charge is 0.255 e. The van der Waals surface area contributed by atoms with Gasteiger partial charge in [0.2, 0.25) is 11.5 Å². The third-order valence-electron chi connectivity index (χ3n) is 4.28. The first-order valence-electron chi connectivity index (χ1n) is 7.27. The Bertz CT molecular complexity index is 634. The zero-order valence-electron chi connectivity index (χ0n) is 12.2. The molecule has 1 aromatic heterocycles. The minimum absolute atomic E-state index is 0.0691. The van der Waals surface area contributed by atoms with Crippen molar-refractivity contribution in [2.24, 2.45) is 5.92 Å². The third kappa shape index (κ3) is 2.46. The maximum Gasteiger partial charge on any atom is 0.255 e. The van der Waals surface area contributed by atoms with E-state index in [9.17, 15) is 14.4 Å². The molecule has 0 radical (unpaired) electrons. The summed E-state index contributed by atoms with van der Waals surface area (Å²) in [7, 11) is 0. The van der Waals surface area contributed by atoms with Crippen LogP contribution < -0.4 is 10.9 Å². The summed E-state index contributed by atoms with van der Waals surface area (Å²) in [6, 6.07) is 3.06. The number of nitrogens with one attached hydrogen (secondary N) is 2. The van der Waals surface area contributed by atoms with Crippen molar-refractivity contribution < 1.29 is 9.59 Å². The predicted molar refractivity (Wildman–Crippen MR) is 77.1 cm³/mol. The number of rotatable bonds is 2. The molecule has 2 fully saturated rings. The molecule has 2 aliphatic heterocycles. The molecule has 2 N–H and O–H groups in total. The summed E-state index contributed by atoms with van der Waals surface area (Å²) in [5.41, 5.74) is 1.03. The molecule has 0 spiro atoms. The first kappa shape index (κ1) is 13.9. The summed E-state index contributed by atoms with van der Waals surface area (Å²) in [4.78, 5) is 40.0. The van der Waals surface area contributed by atoms with Crippen molar-refractivity contribution in [2.75, 3.05) is 13.1 Å². The van der Waals surface area contributed by atoms with E-state index in [1.165, 1.54) is 6.07 Å². The van der Waals surface area contributed by atoms with Gasteiger partial charge in [0.15, 0.2) is 0 Å². The van der Waals surface area contributed by atoms with Gasteiger partial charge in [-0.25, -0.2) is 0 Å². The average molecular weight is 289 g/mol. The van der Waals surface area contributed by atoms with Gasteiger partial charge >= 0.3 is 0 Å². The van der Waals surface area contributed by atoms with Crippen LogP contribution in [0.5, 0.6) is 0 Å². The van der Waals surface area contributed by atoms with Crippen molar-refractivity contribution in [3.05, 3.63) is 33.7 Å². The molecule has 0 aromatic carbocycles. The van der Waals surface area contributed by atoms with Gasteiger partial charge in [0.1, 0.15) is 0 Å². The number of carbonyl (C=O) groups is 2. The zero-order chi connectivity index (χ0) is 15.1. The van der Waals surface area contributed by atoms with E-state index in [-0.39, 0.29) is 35.3 Å². The SMILES string of the molecule is CC(C)c1[nH]c(=O)ccc1C(=O)N1C[C@@H]2CC(=O)N[C@@H]2C1. The quantitative estimate of drug-likeness (QED) is 0.829. The van der Waals surface area contributed by atoms with E-state index < -0.39 is 0 Å². The van der Waals surface area contributed by atoms with E-state index >= 15 is 0 Å². The molecule has 21 heavy (non-hydrogen) atoms. The minimum atomic E-state index is -0.194. The summed E-state index contributed by atoms with van der Waals surface area (Å²) < 4.78 is 0. The number of hydrogen-bond donors (Lipinski definition) is 2. The Morgan fingerprint density at radius 3 is 2.71 bits per heavy atom. The van der Waals surface area contributed by atoms with Gasteiger partial charge in [0, 0.05) is 37.2 Å². The summed E-state index contributed by atoms with van der Waals surface area (Å²) in [5, 5.41) is 2.91. The van der Waals surface area contributed by atoms with Crippen molar-refractivity contribution in [3.63, 3.8) is 0 Å². The molecule has 0 saturated carbocycles. The molecule has 6 nitrogen and oxygen atoms in total. The van der Waals surface area contributed by atoms with Gasteiger partial charge in [0.25, 0.3) is 5.91 Å². The number of pyridine rings is 1. The van der Waals surface area contributed by atoms with E-state index in [1.807, 2.05) is 13.8 Å². The highest BCUT2D eigenvalue weighted by molar-refractivity contribution is 5.96. The molecule has 1 aromatic rings. The Hall–Kier alpha value is -2.11. The predicted octanol–water partition coefficient (Wildman–Crippen LogP) is 0.459. The van der Waals surface area contributed by atoms with E-state index in [1.54, 1.807) is 11.0 Å². The van der Waals surface area contributed by atoms with Crippen LogP contribution in [0.25, 0.3) is 0 Å². The van der Waals surface area contributed by atoms with Crippen LogP contribution in [0.4, 0.5) is 0 Å². The van der Waals surface area contributed by atoms with Crippen LogP contribution in [0.1, 0.15) is 42.2 Å². The molecule has 3 heterocycles. The molecule has 2 atom stereocenters. The number of nitrogens with zero attached hydrogens (tertiary/aromatic N) is 1. The number of likely N-dealkylation sites (tertiary alicyclic amines) is 1. The highest BCUT2D eigenvalue weighted by atomic mass is 16.2. The highest BCUT2D eigenvalue weighted by Crippen LogP contribution is 2.27. The number of amides is 2. The van der Waals surface area contributed by atoms with Crippen LogP contribution in [0.2, 0.25) is 0 Å². The fourth-order valence-electron chi connectivity index (χ4n) is 3.21. The summed E-state index contributed by atoms with van der Waals surface area (Å²) in [5.74, 6) is 0.286. The fraction of sp³-hybridized carbons (Fsp3) is 0.533. The van der Waals surface area contributed by atoms with Gasteiger partial charge in [-0.15, -0.1) is 0 Å². The second-order valence-corrected chi connectivity index (χ2v) is 6.15. The standard InChI is InChI=1S/C15H19N3O3/c1-8(2)14-10(3-4-12(19)17-14)15(21)18-6-9-5-13(20)16-11(9)7-18/h3-4,8-9,11H,5-7H2,1-2H3,(H,16,20)(H,17,19)/t9-,11+/m0/s1. The number of H-pyrrole nitrogens is 1. The Labute approximate surface area is 122 Å². The Kier molecular flexibility index (Phi) is 3.31. The van der Waals surface area contributed by atoms with Crippen LogP contribution in [0.3, 0.4) is 0 Å². The van der Waals surface area contributed by atoms with E-state index in [4.69, 9.17) is 0 Å². The second kappa shape index (κ2) is 5.02. The molecular formula is C15H19N3O3. The normalized spacial score (nSPS) is 24.3. The van der Waals surface area contributed by atoms with Gasteiger partial charge in [-0.05, 0) is 12.0 Å². The summed E-state index contributed by atoms with van der Waals surface area (Å²) in [6.07, 6.45) is 0.497. The van der Waals surface area contributed by atoms with E-state index in [0.29, 0.717) is 30.8 Å². The Morgan fingerprint density at radius 1 is 1.29 bits per heavy atom. The average Bonchev–Trinajstić information content (AvgIpc) is 2.94. The maximum atomic E-state index is 12.7. The van der Waals surface area contributed by atoms with Gasteiger partial charge < -0.3 is 15.2 Å².